The van der Waals surface area contributed by atoms with Crippen molar-refractivity contribution < 1.29 is 27.8 Å². The van der Waals surface area contributed by atoms with Crippen molar-refractivity contribution in [1.82, 2.24) is 0 Å². The van der Waals surface area contributed by atoms with Crippen LogP contribution < -0.4 is 10.5 Å². The van der Waals surface area contributed by atoms with Gasteiger partial charge in [0.2, 0.25) is 0 Å². The maximum absolute atomic E-state index is 13.0. The monoisotopic (exact) mass is 289 g/mol. The van der Waals surface area contributed by atoms with Crippen LogP contribution in [0.3, 0.4) is 0 Å². The van der Waals surface area contributed by atoms with Gasteiger partial charge in [0.25, 0.3) is 0 Å². The molecule has 0 spiro atoms. The third-order valence-electron chi connectivity index (χ3n) is 3.69. The Kier molecular flexibility index (Phi) is 3.41. The normalized spacial score (nSPS) is 25.9. The number of ether oxygens (including phenoxy) is 1. The number of carboxylic acids is 1. The SMILES string of the molecule is COc1ccc(C2(C(=O)O)CC(N)C2)cc1C(F)(F)F. The molecule has 0 heterocycles. The van der Waals surface area contributed by atoms with E-state index >= 15 is 0 Å². The number of nitrogens with two attached hydrogens (primary N) is 1. The Bertz CT molecular complexity index is 536. The van der Waals surface area contributed by atoms with Gasteiger partial charge in [0.1, 0.15) is 5.75 Å². The molecule has 1 aromatic carbocycles. The number of benzene rings is 1. The van der Waals surface area contributed by atoms with Gasteiger partial charge in [-0.3, -0.25) is 4.79 Å². The topological polar surface area (TPSA) is 72.5 Å². The van der Waals surface area contributed by atoms with Crippen LogP contribution in [0.5, 0.6) is 5.75 Å². The number of hydrogen-bond donors (Lipinski definition) is 2. The van der Waals surface area contributed by atoms with Crippen LogP contribution >= 0.6 is 0 Å². The molecule has 0 saturated heterocycles. The molecule has 0 radical (unpaired) electrons. The fraction of sp³-hybridized carbons (Fsp3) is 0.462. The average Bonchev–Trinajstić information content (AvgIpc) is 2.32. The van der Waals surface area contributed by atoms with Crippen LogP contribution in [0.1, 0.15) is 24.0 Å². The summed E-state index contributed by atoms with van der Waals surface area (Å²) >= 11 is 0. The van der Waals surface area contributed by atoms with Gasteiger partial charge in [0.15, 0.2) is 0 Å². The van der Waals surface area contributed by atoms with Crippen LogP contribution in [-0.2, 0) is 16.4 Å². The summed E-state index contributed by atoms with van der Waals surface area (Å²) < 4.78 is 43.5. The predicted molar refractivity (Wildman–Crippen MR) is 64.5 cm³/mol. The third kappa shape index (κ3) is 2.22. The number of alkyl halides is 3. The molecule has 0 amide bonds. The first-order valence-corrected chi connectivity index (χ1v) is 5.95. The van der Waals surface area contributed by atoms with E-state index < -0.39 is 23.1 Å². The summed E-state index contributed by atoms with van der Waals surface area (Å²) in [6.45, 7) is 0. The lowest BCUT2D eigenvalue weighted by Crippen LogP contribution is -2.54. The van der Waals surface area contributed by atoms with E-state index in [-0.39, 0.29) is 30.2 Å². The maximum atomic E-state index is 13.0. The zero-order valence-corrected chi connectivity index (χ0v) is 10.7. The van der Waals surface area contributed by atoms with Gasteiger partial charge in [-0.1, -0.05) is 6.07 Å². The van der Waals surface area contributed by atoms with Gasteiger partial charge in [-0.15, -0.1) is 0 Å². The lowest BCUT2D eigenvalue weighted by Gasteiger charge is -2.43. The van der Waals surface area contributed by atoms with Crippen molar-refractivity contribution in [1.29, 1.82) is 0 Å². The number of carboxylic acid groups (broad SMARTS) is 1. The van der Waals surface area contributed by atoms with Crippen LogP contribution in [-0.4, -0.2) is 24.2 Å². The van der Waals surface area contributed by atoms with Crippen molar-refractivity contribution in [3.8, 4) is 5.75 Å². The van der Waals surface area contributed by atoms with Crippen molar-refractivity contribution in [2.75, 3.05) is 7.11 Å². The third-order valence-corrected chi connectivity index (χ3v) is 3.69. The fourth-order valence-electron chi connectivity index (χ4n) is 2.60. The Labute approximate surface area is 113 Å². The lowest BCUT2D eigenvalue weighted by atomic mass is 9.61. The highest BCUT2D eigenvalue weighted by Gasteiger charge is 2.51. The number of carbonyl (C=O) groups is 1. The Balaban J connectivity index is 2.51. The maximum Gasteiger partial charge on any atom is 0.419 e. The van der Waals surface area contributed by atoms with Gasteiger partial charge in [-0.2, -0.15) is 13.2 Å². The van der Waals surface area contributed by atoms with Gasteiger partial charge >= 0.3 is 12.1 Å². The zero-order chi connectivity index (χ0) is 15.1. The first kappa shape index (κ1) is 14.6. The molecular formula is C13H14F3NO3. The molecule has 1 aliphatic rings. The molecule has 1 aliphatic carbocycles. The number of hydrogen-bond acceptors (Lipinski definition) is 3. The first-order valence-electron chi connectivity index (χ1n) is 5.95. The molecular weight excluding hydrogens is 275 g/mol. The van der Waals surface area contributed by atoms with Crippen molar-refractivity contribution in [3.05, 3.63) is 29.3 Å². The van der Waals surface area contributed by atoms with E-state index in [1.54, 1.807) is 0 Å². The molecule has 0 aromatic heterocycles. The van der Waals surface area contributed by atoms with Gasteiger partial charge in [0, 0.05) is 6.04 Å². The summed E-state index contributed by atoms with van der Waals surface area (Å²) in [7, 11) is 1.14. The van der Waals surface area contributed by atoms with E-state index in [1.807, 2.05) is 0 Å². The van der Waals surface area contributed by atoms with Gasteiger partial charge < -0.3 is 15.6 Å². The predicted octanol–water partition coefficient (Wildman–Crippen LogP) is 2.16. The molecule has 1 aromatic rings. The Morgan fingerprint density at radius 1 is 1.45 bits per heavy atom. The minimum absolute atomic E-state index is 0.111. The Morgan fingerprint density at radius 3 is 2.45 bits per heavy atom. The quantitative estimate of drug-likeness (QED) is 0.894. The Morgan fingerprint density at radius 2 is 2.05 bits per heavy atom. The van der Waals surface area contributed by atoms with Crippen molar-refractivity contribution in [2.45, 2.75) is 30.5 Å². The molecule has 20 heavy (non-hydrogen) atoms. The lowest BCUT2D eigenvalue weighted by molar-refractivity contribution is -0.148. The second-order valence-electron chi connectivity index (χ2n) is 4.97. The molecule has 0 atom stereocenters. The molecule has 1 fully saturated rings. The molecule has 0 aliphatic heterocycles. The fourth-order valence-corrected chi connectivity index (χ4v) is 2.60. The Hall–Kier alpha value is -1.76. The summed E-state index contributed by atoms with van der Waals surface area (Å²) in [4.78, 5) is 11.4. The van der Waals surface area contributed by atoms with E-state index in [9.17, 15) is 23.1 Å². The highest BCUT2D eigenvalue weighted by molar-refractivity contribution is 5.83. The minimum Gasteiger partial charge on any atom is -0.496 e. The largest absolute Gasteiger partial charge is 0.496 e. The van der Waals surface area contributed by atoms with Gasteiger partial charge in [-0.25, -0.2) is 0 Å². The van der Waals surface area contributed by atoms with Crippen molar-refractivity contribution >= 4 is 5.97 Å². The van der Waals surface area contributed by atoms with Gasteiger partial charge in [0.05, 0.1) is 18.1 Å². The average molecular weight is 289 g/mol. The van der Waals surface area contributed by atoms with Crippen LogP contribution in [0, 0.1) is 0 Å². The summed E-state index contributed by atoms with van der Waals surface area (Å²) in [5, 5.41) is 9.31. The molecule has 7 heteroatoms. The molecule has 0 unspecified atom stereocenters. The number of halogens is 3. The number of rotatable bonds is 3. The molecule has 1 saturated carbocycles. The summed E-state index contributed by atoms with van der Waals surface area (Å²) in [5.41, 5.74) is 3.41. The minimum atomic E-state index is -4.60. The number of aliphatic carboxylic acids is 1. The first-order chi connectivity index (χ1) is 9.20. The highest BCUT2D eigenvalue weighted by atomic mass is 19.4. The van der Waals surface area contributed by atoms with Crippen LogP contribution in [0.15, 0.2) is 18.2 Å². The molecule has 2 rings (SSSR count). The van der Waals surface area contributed by atoms with Crippen molar-refractivity contribution in [2.24, 2.45) is 5.73 Å². The van der Waals surface area contributed by atoms with Crippen LogP contribution in [0.2, 0.25) is 0 Å². The van der Waals surface area contributed by atoms with E-state index in [0.29, 0.717) is 0 Å². The molecule has 4 nitrogen and oxygen atoms in total. The van der Waals surface area contributed by atoms with E-state index in [4.69, 9.17) is 5.73 Å². The second kappa shape index (κ2) is 4.66. The van der Waals surface area contributed by atoms with E-state index in [2.05, 4.69) is 4.74 Å². The summed E-state index contributed by atoms with van der Waals surface area (Å²) in [6.07, 6.45) is -4.34. The second-order valence-corrected chi connectivity index (χ2v) is 4.97. The molecule has 3 N–H and O–H groups in total. The molecule has 110 valence electrons. The summed E-state index contributed by atoms with van der Waals surface area (Å²) in [5.74, 6) is -1.48. The smallest absolute Gasteiger partial charge is 0.419 e. The highest BCUT2D eigenvalue weighted by Crippen LogP contribution is 2.46. The van der Waals surface area contributed by atoms with E-state index in [0.717, 1.165) is 19.2 Å². The molecule has 0 bridgehead atoms. The zero-order valence-electron chi connectivity index (χ0n) is 10.7. The standard InChI is InChI=1S/C13H14F3NO3/c1-20-10-3-2-7(4-9(10)13(14,15)16)12(11(18)19)5-8(17)6-12/h2-4,8H,5-6,17H2,1H3,(H,18,19). The van der Waals surface area contributed by atoms with Crippen LogP contribution in [0.25, 0.3) is 0 Å². The van der Waals surface area contributed by atoms with Crippen LogP contribution in [0.4, 0.5) is 13.2 Å². The van der Waals surface area contributed by atoms with Crippen molar-refractivity contribution in [3.63, 3.8) is 0 Å². The van der Waals surface area contributed by atoms with E-state index in [1.165, 1.54) is 6.07 Å². The van der Waals surface area contributed by atoms with Gasteiger partial charge in [-0.05, 0) is 30.5 Å². The summed E-state index contributed by atoms with van der Waals surface area (Å²) in [6, 6.07) is 3.04. The number of methoxy groups -OCH3 is 1.